The summed E-state index contributed by atoms with van der Waals surface area (Å²) >= 11 is 0. The fourth-order valence-corrected chi connectivity index (χ4v) is 1.86. The van der Waals surface area contributed by atoms with Crippen LogP contribution in [0.5, 0.6) is 5.88 Å². The van der Waals surface area contributed by atoms with Crippen molar-refractivity contribution in [2.24, 2.45) is 0 Å². The molecule has 0 spiro atoms. The molecule has 0 amide bonds. The zero-order valence-corrected chi connectivity index (χ0v) is 9.39. The zero-order valence-electron chi connectivity index (χ0n) is 9.39. The fourth-order valence-electron chi connectivity index (χ4n) is 1.86. The van der Waals surface area contributed by atoms with E-state index in [0.29, 0.717) is 6.61 Å². The number of hydrogen-bond donors (Lipinski definition) is 1. The maximum Gasteiger partial charge on any atom is 0.218 e. The monoisotopic (exact) mass is 227 g/mol. The van der Waals surface area contributed by atoms with E-state index in [1.165, 1.54) is 0 Å². The van der Waals surface area contributed by atoms with Crippen LogP contribution in [0.3, 0.4) is 0 Å². The van der Waals surface area contributed by atoms with Crippen LogP contribution in [0.1, 0.15) is 5.56 Å². The summed E-state index contributed by atoms with van der Waals surface area (Å²) in [5.74, 6) is 0.740. The molecule has 0 radical (unpaired) electrons. The number of nitrogens with zero attached hydrogens (tertiary/aromatic N) is 2. The molecule has 3 heterocycles. The molecule has 2 aromatic heterocycles. The highest BCUT2D eigenvalue weighted by Crippen LogP contribution is 2.23. The number of pyridine rings is 2. The van der Waals surface area contributed by atoms with Crippen LogP contribution in [0.25, 0.3) is 11.3 Å². The van der Waals surface area contributed by atoms with Crippen molar-refractivity contribution in [3.8, 4) is 17.1 Å². The Labute approximate surface area is 99.7 Å². The smallest absolute Gasteiger partial charge is 0.218 e. The van der Waals surface area contributed by atoms with Gasteiger partial charge in [-0.2, -0.15) is 0 Å². The highest BCUT2D eigenvalue weighted by atomic mass is 16.5. The summed E-state index contributed by atoms with van der Waals surface area (Å²) in [4.78, 5) is 8.56. The van der Waals surface area contributed by atoms with Crippen molar-refractivity contribution in [3.63, 3.8) is 0 Å². The lowest BCUT2D eigenvalue weighted by Crippen LogP contribution is -2.16. The highest BCUT2D eigenvalue weighted by molar-refractivity contribution is 5.59. The largest absolute Gasteiger partial charge is 0.476 e. The van der Waals surface area contributed by atoms with Crippen LogP contribution in [0.15, 0.2) is 36.7 Å². The first-order valence-corrected chi connectivity index (χ1v) is 5.67. The lowest BCUT2D eigenvalue weighted by molar-refractivity contribution is 0.314. The van der Waals surface area contributed by atoms with Crippen LogP contribution >= 0.6 is 0 Å². The quantitative estimate of drug-likeness (QED) is 0.804. The van der Waals surface area contributed by atoms with Gasteiger partial charge >= 0.3 is 0 Å². The Morgan fingerprint density at radius 1 is 1.12 bits per heavy atom. The second kappa shape index (κ2) is 4.51. The van der Waals surface area contributed by atoms with Gasteiger partial charge in [0.15, 0.2) is 0 Å². The molecule has 0 unspecified atom stereocenters. The summed E-state index contributed by atoms with van der Waals surface area (Å²) in [6, 6.07) is 7.98. The third kappa shape index (κ3) is 2.12. The lowest BCUT2D eigenvalue weighted by Gasteiger charge is -2.07. The van der Waals surface area contributed by atoms with Crippen molar-refractivity contribution < 1.29 is 4.74 Å². The van der Waals surface area contributed by atoms with Crippen LogP contribution in [-0.2, 0) is 6.54 Å². The van der Waals surface area contributed by atoms with Crippen LogP contribution in [-0.4, -0.2) is 23.1 Å². The van der Waals surface area contributed by atoms with Crippen LogP contribution < -0.4 is 10.1 Å². The summed E-state index contributed by atoms with van der Waals surface area (Å²) < 4.78 is 5.62. The standard InChI is InChI=1S/C13H13N3O/c1-2-12(10-3-5-14-6-4-10)16-13-11(1)9-15-7-8-17-13/h1-6,15H,7-9H2. The summed E-state index contributed by atoms with van der Waals surface area (Å²) in [6.45, 7) is 2.35. The fraction of sp³-hybridized carbons (Fsp3) is 0.231. The molecule has 0 aromatic carbocycles. The topological polar surface area (TPSA) is 47.0 Å². The summed E-state index contributed by atoms with van der Waals surface area (Å²) in [5.41, 5.74) is 3.09. The van der Waals surface area contributed by atoms with E-state index < -0.39 is 0 Å². The van der Waals surface area contributed by atoms with Crippen LogP contribution in [0.2, 0.25) is 0 Å². The van der Waals surface area contributed by atoms with Gasteiger partial charge in [-0.15, -0.1) is 0 Å². The second-order valence-electron chi connectivity index (χ2n) is 3.92. The molecule has 4 nitrogen and oxygen atoms in total. The molecule has 2 aromatic rings. The van der Waals surface area contributed by atoms with E-state index in [0.717, 1.165) is 35.8 Å². The van der Waals surface area contributed by atoms with Gasteiger partial charge in [-0.05, 0) is 18.2 Å². The minimum atomic E-state index is 0.666. The molecule has 0 fully saturated rings. The first-order valence-electron chi connectivity index (χ1n) is 5.67. The SMILES string of the molecule is c1cc(-c2ccc3c(n2)OCCNC3)ccn1. The molecule has 86 valence electrons. The van der Waals surface area contributed by atoms with Gasteiger partial charge in [-0.25, -0.2) is 4.98 Å². The van der Waals surface area contributed by atoms with Gasteiger partial charge in [0.2, 0.25) is 5.88 Å². The minimum Gasteiger partial charge on any atom is -0.476 e. The molecule has 0 aliphatic carbocycles. The normalized spacial score (nSPS) is 14.6. The molecule has 17 heavy (non-hydrogen) atoms. The molecule has 1 aliphatic rings. The first-order chi connectivity index (χ1) is 8.43. The summed E-state index contributed by atoms with van der Waals surface area (Å²) in [6.07, 6.45) is 3.54. The molecule has 1 aliphatic heterocycles. The van der Waals surface area contributed by atoms with E-state index in [2.05, 4.69) is 21.4 Å². The Hall–Kier alpha value is -1.94. The first kappa shape index (κ1) is 10.2. The summed E-state index contributed by atoms with van der Waals surface area (Å²) in [7, 11) is 0. The number of rotatable bonds is 1. The maximum absolute atomic E-state index is 5.62. The van der Waals surface area contributed by atoms with E-state index in [9.17, 15) is 0 Å². The third-order valence-corrected chi connectivity index (χ3v) is 2.75. The average molecular weight is 227 g/mol. The van der Waals surface area contributed by atoms with Gasteiger partial charge in [0.25, 0.3) is 0 Å². The van der Waals surface area contributed by atoms with Crippen molar-refractivity contribution in [2.45, 2.75) is 6.54 Å². The Bertz CT molecular complexity index is 513. The van der Waals surface area contributed by atoms with Crippen LogP contribution in [0, 0.1) is 0 Å². The molecule has 0 bridgehead atoms. The number of aromatic nitrogens is 2. The number of hydrogen-bond acceptors (Lipinski definition) is 4. The Balaban J connectivity index is 2.00. The van der Waals surface area contributed by atoms with Crippen molar-refractivity contribution in [1.29, 1.82) is 0 Å². The maximum atomic E-state index is 5.62. The van der Waals surface area contributed by atoms with E-state index in [4.69, 9.17) is 4.74 Å². The molecule has 1 N–H and O–H groups in total. The predicted octanol–water partition coefficient (Wildman–Crippen LogP) is 1.63. The molecule has 4 heteroatoms. The Morgan fingerprint density at radius 2 is 2.00 bits per heavy atom. The molecular weight excluding hydrogens is 214 g/mol. The number of nitrogens with one attached hydrogen (secondary N) is 1. The van der Waals surface area contributed by atoms with Crippen LogP contribution in [0.4, 0.5) is 0 Å². The van der Waals surface area contributed by atoms with E-state index >= 15 is 0 Å². The molecule has 0 saturated carbocycles. The Kier molecular flexibility index (Phi) is 2.71. The zero-order chi connectivity index (χ0) is 11.5. The molecule has 0 atom stereocenters. The average Bonchev–Trinajstić information content (AvgIpc) is 2.64. The highest BCUT2D eigenvalue weighted by Gasteiger charge is 2.11. The summed E-state index contributed by atoms with van der Waals surface area (Å²) in [5, 5.41) is 3.29. The molecule has 0 saturated heterocycles. The van der Waals surface area contributed by atoms with Gasteiger partial charge in [-0.3, -0.25) is 4.98 Å². The van der Waals surface area contributed by atoms with Gasteiger partial charge in [0.1, 0.15) is 6.61 Å². The van der Waals surface area contributed by atoms with Gasteiger partial charge in [-0.1, -0.05) is 6.07 Å². The van der Waals surface area contributed by atoms with E-state index in [1.54, 1.807) is 12.4 Å². The number of fused-ring (bicyclic) bond motifs is 1. The van der Waals surface area contributed by atoms with Crippen molar-refractivity contribution >= 4 is 0 Å². The van der Waals surface area contributed by atoms with E-state index in [-0.39, 0.29) is 0 Å². The minimum absolute atomic E-state index is 0.666. The molecular formula is C13H13N3O. The molecule has 3 rings (SSSR count). The van der Waals surface area contributed by atoms with Gasteiger partial charge < -0.3 is 10.1 Å². The van der Waals surface area contributed by atoms with Crippen molar-refractivity contribution in [1.82, 2.24) is 15.3 Å². The third-order valence-electron chi connectivity index (χ3n) is 2.75. The van der Waals surface area contributed by atoms with Crippen molar-refractivity contribution in [3.05, 3.63) is 42.2 Å². The second-order valence-corrected chi connectivity index (χ2v) is 3.92. The van der Waals surface area contributed by atoms with Gasteiger partial charge in [0, 0.05) is 36.6 Å². The lowest BCUT2D eigenvalue weighted by atomic mass is 10.1. The van der Waals surface area contributed by atoms with Gasteiger partial charge in [0.05, 0.1) is 5.69 Å². The van der Waals surface area contributed by atoms with E-state index in [1.807, 2.05) is 18.2 Å². The Morgan fingerprint density at radius 3 is 2.88 bits per heavy atom. The van der Waals surface area contributed by atoms with Crippen molar-refractivity contribution in [2.75, 3.05) is 13.2 Å². The predicted molar refractivity (Wildman–Crippen MR) is 64.7 cm³/mol. The number of ether oxygens (including phenoxy) is 1.